The van der Waals surface area contributed by atoms with Crippen molar-refractivity contribution in [2.45, 2.75) is 6.61 Å². The van der Waals surface area contributed by atoms with Crippen molar-refractivity contribution in [3.63, 3.8) is 0 Å². The smallest absolute Gasteiger partial charge is 0.335 e. The summed E-state index contributed by atoms with van der Waals surface area (Å²) in [5, 5.41) is 8.52. The molecule has 0 unspecified atom stereocenters. The summed E-state index contributed by atoms with van der Waals surface area (Å²) in [6.07, 6.45) is 1.58. The monoisotopic (exact) mass is 482 g/mol. The van der Waals surface area contributed by atoms with E-state index < -0.39 is 17.1 Å². The normalized spacial score (nSPS) is 17.4. The van der Waals surface area contributed by atoms with E-state index in [4.69, 9.17) is 14.6 Å². The van der Waals surface area contributed by atoms with Crippen LogP contribution < -0.4 is 4.74 Å². The Bertz CT molecular complexity index is 1140. The Morgan fingerprint density at radius 1 is 1.06 bits per heavy atom. The highest BCUT2D eigenvalue weighted by molar-refractivity contribution is 8.18. The Kier molecular flexibility index (Phi) is 7.29. The van der Waals surface area contributed by atoms with Crippen molar-refractivity contribution in [1.29, 1.82) is 0 Å². The van der Waals surface area contributed by atoms with Crippen molar-refractivity contribution in [1.82, 2.24) is 9.80 Å². The number of hydrogen-bond donors (Lipinski definition) is 1. The van der Waals surface area contributed by atoms with Gasteiger partial charge in [-0.25, -0.2) is 4.79 Å². The fraction of sp³-hybridized carbons (Fsp3) is 0.250. The first-order chi connectivity index (χ1) is 16.4. The molecule has 0 atom stereocenters. The molecule has 2 heterocycles. The first-order valence-electron chi connectivity index (χ1n) is 10.6. The highest BCUT2D eigenvalue weighted by Crippen LogP contribution is 2.34. The van der Waals surface area contributed by atoms with Gasteiger partial charge in [0.05, 0.1) is 23.7 Å². The molecule has 0 aromatic heterocycles. The van der Waals surface area contributed by atoms with E-state index in [1.807, 2.05) is 0 Å². The molecule has 0 bridgehead atoms. The molecule has 2 saturated heterocycles. The largest absolute Gasteiger partial charge is 0.488 e. The number of hydrogen-bond acceptors (Lipinski definition) is 7. The molecule has 2 aliphatic heterocycles. The Morgan fingerprint density at radius 2 is 1.76 bits per heavy atom. The molecule has 2 aromatic carbocycles. The summed E-state index contributed by atoms with van der Waals surface area (Å²) < 4.78 is 11.1. The average Bonchev–Trinajstić information content (AvgIpc) is 3.11. The number of nitrogens with zero attached hydrogens (tertiary/aromatic N) is 2. The zero-order valence-corrected chi connectivity index (χ0v) is 19.0. The number of carbonyl (C=O) groups is 4. The van der Waals surface area contributed by atoms with E-state index in [1.54, 1.807) is 47.4 Å². The Balaban J connectivity index is 1.44. The van der Waals surface area contributed by atoms with Crippen LogP contribution in [0.25, 0.3) is 6.08 Å². The summed E-state index contributed by atoms with van der Waals surface area (Å²) >= 11 is 0.785. The maximum Gasteiger partial charge on any atom is 0.335 e. The minimum Gasteiger partial charge on any atom is -0.488 e. The van der Waals surface area contributed by atoms with E-state index in [1.165, 1.54) is 12.1 Å². The van der Waals surface area contributed by atoms with Crippen LogP contribution in [-0.2, 0) is 20.9 Å². The van der Waals surface area contributed by atoms with Gasteiger partial charge in [-0.3, -0.25) is 19.3 Å². The second kappa shape index (κ2) is 10.5. The van der Waals surface area contributed by atoms with Crippen LogP contribution in [0.15, 0.2) is 53.4 Å². The highest BCUT2D eigenvalue weighted by atomic mass is 32.2. The van der Waals surface area contributed by atoms with Crippen molar-refractivity contribution >= 4 is 40.9 Å². The fourth-order valence-electron chi connectivity index (χ4n) is 3.46. The molecule has 1 N–H and O–H groups in total. The summed E-state index contributed by atoms with van der Waals surface area (Å²) in [5.41, 5.74) is 1.57. The number of rotatable bonds is 7. The Morgan fingerprint density at radius 3 is 2.47 bits per heavy atom. The number of carboxylic acids is 1. The Hall–Kier alpha value is -3.63. The van der Waals surface area contributed by atoms with E-state index in [-0.39, 0.29) is 29.5 Å². The number of carboxylic acid groups (broad SMARTS) is 1. The number of thioether (sulfide) groups is 1. The number of benzene rings is 2. The van der Waals surface area contributed by atoms with Crippen LogP contribution in [-0.4, -0.2) is 70.8 Å². The molecule has 0 saturated carbocycles. The standard InChI is InChI=1S/C24H22N2O7S/c27-21(25-9-11-32-12-10-25)14-26-22(28)20(34-24(26)31)13-18-3-1-2-4-19(18)33-15-16-5-7-17(8-6-16)23(29)30/h1-8,13H,9-12,14-15H2,(H,29,30)/b20-13+. The fourth-order valence-corrected chi connectivity index (χ4v) is 4.29. The second-order valence-corrected chi connectivity index (χ2v) is 8.58. The molecule has 2 fully saturated rings. The van der Waals surface area contributed by atoms with Crippen molar-refractivity contribution < 1.29 is 33.8 Å². The minimum absolute atomic E-state index is 0.187. The summed E-state index contributed by atoms with van der Waals surface area (Å²) in [4.78, 5) is 51.5. The van der Waals surface area contributed by atoms with Crippen LogP contribution in [0.1, 0.15) is 21.5 Å². The van der Waals surface area contributed by atoms with Gasteiger partial charge in [-0.05, 0) is 41.6 Å². The van der Waals surface area contributed by atoms with E-state index in [2.05, 4.69) is 0 Å². The molecule has 4 rings (SSSR count). The van der Waals surface area contributed by atoms with Gasteiger partial charge in [-0.2, -0.15) is 0 Å². The number of carbonyl (C=O) groups excluding carboxylic acids is 3. The quantitative estimate of drug-likeness (QED) is 0.600. The van der Waals surface area contributed by atoms with Gasteiger partial charge in [0.25, 0.3) is 11.1 Å². The average molecular weight is 483 g/mol. The zero-order chi connectivity index (χ0) is 24.1. The minimum atomic E-state index is -1.00. The Labute approximate surface area is 199 Å². The van der Waals surface area contributed by atoms with Crippen LogP contribution in [0.2, 0.25) is 0 Å². The number of ether oxygens (including phenoxy) is 2. The molecule has 2 aliphatic rings. The summed E-state index contributed by atoms with van der Waals surface area (Å²) in [5.74, 6) is -1.31. The lowest BCUT2D eigenvalue weighted by atomic mass is 10.1. The topological polar surface area (TPSA) is 113 Å². The van der Waals surface area contributed by atoms with Gasteiger partial charge < -0.3 is 19.5 Å². The van der Waals surface area contributed by atoms with E-state index in [9.17, 15) is 19.2 Å². The first-order valence-corrected chi connectivity index (χ1v) is 11.4. The van der Waals surface area contributed by atoms with Crippen LogP contribution >= 0.6 is 11.8 Å². The molecule has 9 nitrogen and oxygen atoms in total. The lowest BCUT2D eigenvalue weighted by Gasteiger charge is -2.28. The van der Waals surface area contributed by atoms with E-state index in [0.717, 1.165) is 22.2 Å². The summed E-state index contributed by atoms with van der Waals surface area (Å²) in [7, 11) is 0. The van der Waals surface area contributed by atoms with Crippen LogP contribution in [0.3, 0.4) is 0 Å². The van der Waals surface area contributed by atoms with Gasteiger partial charge in [0, 0.05) is 18.7 Å². The van der Waals surface area contributed by atoms with Gasteiger partial charge in [-0.15, -0.1) is 0 Å². The molecule has 3 amide bonds. The lowest BCUT2D eigenvalue weighted by Crippen LogP contribution is -2.46. The summed E-state index contributed by atoms with van der Waals surface area (Å²) in [6, 6.07) is 13.4. The summed E-state index contributed by atoms with van der Waals surface area (Å²) in [6.45, 7) is 1.65. The third-order valence-corrected chi connectivity index (χ3v) is 6.24. The van der Waals surface area contributed by atoms with Gasteiger partial charge >= 0.3 is 5.97 Å². The third-order valence-electron chi connectivity index (χ3n) is 5.33. The molecular formula is C24H22N2O7S. The second-order valence-electron chi connectivity index (χ2n) is 7.59. The van der Waals surface area contributed by atoms with Gasteiger partial charge in [0.15, 0.2) is 0 Å². The van der Waals surface area contributed by atoms with Crippen molar-refractivity contribution in [3.05, 3.63) is 70.1 Å². The molecule has 34 heavy (non-hydrogen) atoms. The molecule has 2 aromatic rings. The molecule has 10 heteroatoms. The van der Waals surface area contributed by atoms with Gasteiger partial charge in [0.2, 0.25) is 5.91 Å². The zero-order valence-electron chi connectivity index (χ0n) is 18.1. The van der Waals surface area contributed by atoms with Crippen LogP contribution in [0.4, 0.5) is 4.79 Å². The molecule has 0 radical (unpaired) electrons. The maximum atomic E-state index is 12.8. The van der Waals surface area contributed by atoms with Gasteiger partial charge in [0.1, 0.15) is 18.9 Å². The number of para-hydroxylation sites is 1. The van der Waals surface area contributed by atoms with Crippen LogP contribution in [0, 0.1) is 0 Å². The maximum absolute atomic E-state index is 12.8. The number of aromatic carboxylic acids is 1. The van der Waals surface area contributed by atoms with Crippen molar-refractivity contribution in [2.24, 2.45) is 0 Å². The van der Waals surface area contributed by atoms with Crippen LogP contribution in [0.5, 0.6) is 5.75 Å². The van der Waals surface area contributed by atoms with Crippen molar-refractivity contribution in [2.75, 3.05) is 32.8 Å². The van der Waals surface area contributed by atoms with Crippen molar-refractivity contribution in [3.8, 4) is 5.75 Å². The molecule has 0 aliphatic carbocycles. The lowest BCUT2D eigenvalue weighted by molar-refractivity contribution is -0.139. The predicted molar refractivity (Wildman–Crippen MR) is 124 cm³/mol. The predicted octanol–water partition coefficient (Wildman–Crippen LogP) is 2.86. The number of morpholine rings is 1. The molecule has 176 valence electrons. The van der Waals surface area contributed by atoms with Gasteiger partial charge in [-0.1, -0.05) is 30.3 Å². The number of imide groups is 1. The first kappa shape index (κ1) is 23.5. The highest BCUT2D eigenvalue weighted by Gasteiger charge is 2.37. The number of amides is 3. The third kappa shape index (κ3) is 5.46. The SMILES string of the molecule is O=C(O)c1ccc(COc2ccccc2/C=C2/SC(=O)N(CC(=O)N3CCOCC3)C2=O)cc1. The molecular weight excluding hydrogens is 460 g/mol. The van der Waals surface area contributed by atoms with E-state index >= 15 is 0 Å². The van der Waals surface area contributed by atoms with E-state index in [0.29, 0.717) is 37.6 Å². The molecule has 0 spiro atoms.